The third-order valence-corrected chi connectivity index (χ3v) is 6.36. The van der Waals surface area contributed by atoms with E-state index in [2.05, 4.69) is 0 Å². The van der Waals surface area contributed by atoms with E-state index >= 15 is 0 Å². The number of carbonyl (C=O) groups is 5. The van der Waals surface area contributed by atoms with Crippen molar-refractivity contribution in [1.29, 1.82) is 0 Å². The molecule has 0 spiro atoms. The number of ether oxygens (including phenoxy) is 1. The fourth-order valence-corrected chi connectivity index (χ4v) is 4.44. The van der Waals surface area contributed by atoms with E-state index in [0.717, 1.165) is 29.2 Å². The minimum atomic E-state index is -4.72. The number of rotatable bonds is 5. The van der Waals surface area contributed by atoms with Gasteiger partial charge in [0.1, 0.15) is 11.3 Å². The van der Waals surface area contributed by atoms with Gasteiger partial charge in [0.2, 0.25) is 0 Å². The minimum absolute atomic E-state index is 0.179. The standard InChI is InChI=1S/C28H18F3N3O6/c1-40-22-10-9-15(11-16(22)14-33-24(36)19-7-2-3-8-20(19)25(33)37)12-21-23(35)32-27(39)34(26(21)38)18-6-4-5-17(13-18)28(29,30)31/h2-13H,14H2,1H3,(H,32,35,39)/b21-12-. The molecule has 2 heterocycles. The number of fused-ring (bicyclic) bond motifs is 1. The van der Waals surface area contributed by atoms with Gasteiger partial charge in [-0.15, -0.1) is 0 Å². The number of anilines is 1. The van der Waals surface area contributed by atoms with Crippen LogP contribution in [0.5, 0.6) is 5.75 Å². The van der Waals surface area contributed by atoms with E-state index in [1.807, 2.05) is 5.32 Å². The van der Waals surface area contributed by atoms with Crippen LogP contribution in [0.1, 0.15) is 37.4 Å². The van der Waals surface area contributed by atoms with Crippen molar-refractivity contribution in [1.82, 2.24) is 10.2 Å². The van der Waals surface area contributed by atoms with Crippen LogP contribution >= 0.6 is 0 Å². The monoisotopic (exact) mass is 549 g/mol. The molecule has 1 saturated heterocycles. The zero-order valence-corrected chi connectivity index (χ0v) is 20.6. The Morgan fingerprint density at radius 2 is 1.52 bits per heavy atom. The fourth-order valence-electron chi connectivity index (χ4n) is 4.44. The van der Waals surface area contributed by atoms with Gasteiger partial charge < -0.3 is 4.74 Å². The summed E-state index contributed by atoms with van der Waals surface area (Å²) in [5.74, 6) is -2.85. The first-order valence-corrected chi connectivity index (χ1v) is 11.7. The highest BCUT2D eigenvalue weighted by Crippen LogP contribution is 2.33. The highest BCUT2D eigenvalue weighted by Gasteiger charge is 2.39. The van der Waals surface area contributed by atoms with Crippen molar-refractivity contribution < 1.29 is 41.9 Å². The first-order valence-electron chi connectivity index (χ1n) is 11.7. The lowest BCUT2D eigenvalue weighted by Crippen LogP contribution is -2.54. The molecule has 0 aliphatic carbocycles. The molecule has 0 aromatic heterocycles. The first-order chi connectivity index (χ1) is 19.0. The molecule has 12 heteroatoms. The molecule has 2 aliphatic heterocycles. The van der Waals surface area contributed by atoms with Gasteiger partial charge in [-0.2, -0.15) is 13.2 Å². The number of methoxy groups -OCH3 is 1. The van der Waals surface area contributed by atoms with Crippen molar-refractivity contribution in [3.05, 3.63) is 100 Å². The van der Waals surface area contributed by atoms with Crippen LogP contribution in [0.15, 0.2) is 72.3 Å². The number of nitrogens with zero attached hydrogens (tertiary/aromatic N) is 2. The number of barbiturate groups is 1. The van der Waals surface area contributed by atoms with Gasteiger partial charge in [0.25, 0.3) is 23.6 Å². The molecule has 1 fully saturated rings. The van der Waals surface area contributed by atoms with E-state index in [-0.39, 0.29) is 28.9 Å². The summed E-state index contributed by atoms with van der Waals surface area (Å²) in [4.78, 5) is 65.3. The number of hydrogen-bond acceptors (Lipinski definition) is 6. The smallest absolute Gasteiger partial charge is 0.416 e. The lowest BCUT2D eigenvalue weighted by molar-refractivity contribution is -0.137. The molecule has 0 atom stereocenters. The number of hydrogen-bond donors (Lipinski definition) is 1. The Kier molecular flexibility index (Phi) is 6.46. The van der Waals surface area contributed by atoms with Gasteiger partial charge in [-0.1, -0.05) is 24.3 Å². The Bertz CT molecular complexity index is 1610. The van der Waals surface area contributed by atoms with Gasteiger partial charge in [0.15, 0.2) is 0 Å². The molecule has 3 aromatic carbocycles. The molecule has 0 unspecified atom stereocenters. The normalized spacial score (nSPS) is 16.5. The molecule has 202 valence electrons. The number of alkyl halides is 3. The highest BCUT2D eigenvalue weighted by atomic mass is 19.4. The number of halogens is 3. The van der Waals surface area contributed by atoms with Crippen molar-refractivity contribution in [2.75, 3.05) is 12.0 Å². The van der Waals surface area contributed by atoms with E-state index in [4.69, 9.17) is 4.74 Å². The SMILES string of the molecule is COc1ccc(/C=C2/C(=O)NC(=O)N(c3cccc(C(F)(F)F)c3)C2=O)cc1CN1C(=O)c2ccccc2C1=O. The van der Waals surface area contributed by atoms with E-state index in [9.17, 15) is 37.1 Å². The highest BCUT2D eigenvalue weighted by molar-refractivity contribution is 6.39. The molecular formula is C28H18F3N3O6. The van der Waals surface area contributed by atoms with E-state index in [0.29, 0.717) is 22.3 Å². The van der Waals surface area contributed by atoms with E-state index in [1.165, 1.54) is 25.3 Å². The Morgan fingerprint density at radius 3 is 2.15 bits per heavy atom. The van der Waals surface area contributed by atoms with Gasteiger partial charge >= 0.3 is 12.2 Å². The number of carbonyl (C=O) groups excluding carboxylic acids is 5. The molecule has 0 saturated carbocycles. The molecule has 40 heavy (non-hydrogen) atoms. The van der Waals surface area contributed by atoms with Crippen LogP contribution in [0.25, 0.3) is 6.08 Å². The molecule has 9 nitrogen and oxygen atoms in total. The summed E-state index contributed by atoms with van der Waals surface area (Å²) >= 11 is 0. The number of imide groups is 3. The number of amides is 6. The maximum absolute atomic E-state index is 13.2. The third-order valence-electron chi connectivity index (χ3n) is 6.36. The Balaban J connectivity index is 1.48. The van der Waals surface area contributed by atoms with E-state index < -0.39 is 47.0 Å². The zero-order chi connectivity index (χ0) is 28.8. The summed E-state index contributed by atoms with van der Waals surface area (Å²) in [7, 11) is 1.38. The molecule has 5 rings (SSSR count). The second-order valence-corrected chi connectivity index (χ2v) is 8.82. The van der Waals surface area contributed by atoms with Crippen molar-refractivity contribution in [2.24, 2.45) is 0 Å². The van der Waals surface area contributed by atoms with Crippen LogP contribution in [-0.4, -0.2) is 41.7 Å². The summed E-state index contributed by atoms with van der Waals surface area (Å²) in [6, 6.07) is 13.2. The average molecular weight is 549 g/mol. The first kappa shape index (κ1) is 26.4. The van der Waals surface area contributed by atoms with Crippen molar-refractivity contribution in [3.63, 3.8) is 0 Å². The average Bonchev–Trinajstić information content (AvgIpc) is 3.16. The number of nitrogens with one attached hydrogen (secondary N) is 1. The molecule has 3 aromatic rings. The topological polar surface area (TPSA) is 113 Å². The predicted molar refractivity (Wildman–Crippen MR) is 134 cm³/mol. The largest absolute Gasteiger partial charge is 0.496 e. The summed E-state index contributed by atoms with van der Waals surface area (Å²) in [5, 5.41) is 1.96. The van der Waals surface area contributed by atoms with Crippen LogP contribution in [0.3, 0.4) is 0 Å². The second kappa shape index (κ2) is 9.80. The van der Waals surface area contributed by atoms with Crippen molar-refractivity contribution in [3.8, 4) is 5.75 Å². The van der Waals surface area contributed by atoms with Crippen LogP contribution in [-0.2, 0) is 22.3 Å². The van der Waals surface area contributed by atoms with Crippen LogP contribution in [0.2, 0.25) is 0 Å². The molecule has 1 N–H and O–H groups in total. The summed E-state index contributed by atoms with van der Waals surface area (Å²) in [6.45, 7) is -0.179. The Hall–Kier alpha value is -5.26. The quantitative estimate of drug-likeness (QED) is 0.290. The molecular weight excluding hydrogens is 531 g/mol. The molecule has 6 amide bonds. The molecule has 0 radical (unpaired) electrons. The van der Waals surface area contributed by atoms with Crippen LogP contribution in [0.4, 0.5) is 23.7 Å². The minimum Gasteiger partial charge on any atom is -0.496 e. The van der Waals surface area contributed by atoms with Gasteiger partial charge in [-0.3, -0.25) is 29.4 Å². The van der Waals surface area contributed by atoms with Crippen LogP contribution in [0, 0.1) is 0 Å². The van der Waals surface area contributed by atoms with Crippen LogP contribution < -0.4 is 15.0 Å². The number of urea groups is 1. The van der Waals surface area contributed by atoms with Crippen molar-refractivity contribution >= 4 is 41.4 Å². The zero-order valence-electron chi connectivity index (χ0n) is 20.6. The van der Waals surface area contributed by atoms with Gasteiger partial charge in [0, 0.05) is 5.56 Å². The van der Waals surface area contributed by atoms with Gasteiger partial charge in [0.05, 0.1) is 36.0 Å². The Morgan fingerprint density at radius 1 is 0.850 bits per heavy atom. The maximum atomic E-state index is 13.2. The lowest BCUT2D eigenvalue weighted by atomic mass is 10.0. The maximum Gasteiger partial charge on any atom is 0.416 e. The Labute approximate surface area is 224 Å². The predicted octanol–water partition coefficient (Wildman–Crippen LogP) is 4.18. The molecule has 0 bridgehead atoms. The lowest BCUT2D eigenvalue weighted by Gasteiger charge is -2.27. The molecule has 2 aliphatic rings. The number of benzene rings is 3. The summed E-state index contributed by atoms with van der Waals surface area (Å²) in [5.41, 5.74) is -0.821. The summed E-state index contributed by atoms with van der Waals surface area (Å²) < 4.78 is 45.0. The second-order valence-electron chi connectivity index (χ2n) is 8.82. The summed E-state index contributed by atoms with van der Waals surface area (Å²) in [6.07, 6.45) is -3.57. The van der Waals surface area contributed by atoms with E-state index in [1.54, 1.807) is 24.3 Å². The van der Waals surface area contributed by atoms with Crippen molar-refractivity contribution in [2.45, 2.75) is 12.7 Å². The van der Waals surface area contributed by atoms with Gasteiger partial charge in [-0.05, 0) is 54.1 Å². The fraction of sp³-hybridized carbons (Fsp3) is 0.107. The third kappa shape index (κ3) is 4.59. The van der Waals surface area contributed by atoms with Gasteiger partial charge in [-0.25, -0.2) is 9.69 Å².